The quantitative estimate of drug-likeness (QED) is 0.213. The summed E-state index contributed by atoms with van der Waals surface area (Å²) < 4.78 is 0. The first-order valence-electron chi connectivity index (χ1n) is 11.5. The predicted octanol–water partition coefficient (Wildman–Crippen LogP) is 0.272. The highest BCUT2D eigenvalue weighted by atomic mass is 16.4. The lowest BCUT2D eigenvalue weighted by Gasteiger charge is -2.27. The zero-order valence-electron chi connectivity index (χ0n) is 20.5. The summed E-state index contributed by atoms with van der Waals surface area (Å²) in [5.41, 5.74) is 6.73. The van der Waals surface area contributed by atoms with Crippen molar-refractivity contribution in [2.75, 3.05) is 0 Å². The fourth-order valence-electron chi connectivity index (χ4n) is 3.37. The summed E-state index contributed by atoms with van der Waals surface area (Å²) in [6, 6.07) is 4.13. The molecule has 4 atom stereocenters. The summed E-state index contributed by atoms with van der Waals surface area (Å²) in [4.78, 5) is 61.1. The number of amides is 3. The van der Waals surface area contributed by atoms with Crippen LogP contribution in [0.15, 0.2) is 30.3 Å². The van der Waals surface area contributed by atoms with E-state index in [2.05, 4.69) is 16.0 Å². The Morgan fingerprint density at radius 3 is 1.89 bits per heavy atom. The Hall–Kier alpha value is -3.47. The van der Waals surface area contributed by atoms with Gasteiger partial charge in [0, 0.05) is 0 Å². The minimum atomic E-state index is -1.48. The van der Waals surface area contributed by atoms with Crippen molar-refractivity contribution in [2.24, 2.45) is 17.6 Å². The molecule has 3 amide bonds. The van der Waals surface area contributed by atoms with Crippen LogP contribution in [-0.2, 0) is 30.4 Å². The number of nitrogens with one attached hydrogen (secondary N) is 3. The maximum Gasteiger partial charge on any atom is 0.326 e. The Bertz CT molecular complexity index is 889. The van der Waals surface area contributed by atoms with E-state index in [0.717, 1.165) is 5.56 Å². The smallest absolute Gasteiger partial charge is 0.326 e. The Morgan fingerprint density at radius 1 is 0.829 bits per heavy atom. The molecule has 7 N–H and O–H groups in total. The standard InChI is InChI=1S/C24H36N4O7/c1-13(2)10-18(24(34)35)27-23(33)20(14(3)4)28-22(32)17(12-19(29)30)26-21(31)16(25)11-15-8-6-5-7-9-15/h5-9,13-14,16-18,20H,10-12,25H2,1-4H3,(H,26,31)(H,27,33)(H,28,32)(H,29,30)(H,34,35). The first-order chi connectivity index (χ1) is 16.3. The van der Waals surface area contributed by atoms with Crippen molar-refractivity contribution in [3.63, 3.8) is 0 Å². The minimum absolute atomic E-state index is 0.00116. The fourth-order valence-corrected chi connectivity index (χ4v) is 3.37. The van der Waals surface area contributed by atoms with Crippen molar-refractivity contribution in [1.29, 1.82) is 0 Å². The molecule has 0 aliphatic heterocycles. The molecule has 0 saturated heterocycles. The Balaban J connectivity index is 2.93. The molecule has 0 heterocycles. The largest absolute Gasteiger partial charge is 0.481 e. The molecule has 1 rings (SSSR count). The van der Waals surface area contributed by atoms with Crippen LogP contribution in [0.4, 0.5) is 0 Å². The summed E-state index contributed by atoms with van der Waals surface area (Å²) >= 11 is 0. The molecule has 1 aromatic rings. The summed E-state index contributed by atoms with van der Waals surface area (Å²) in [5.74, 6) is -5.32. The number of carboxylic acid groups (broad SMARTS) is 2. The third-order valence-corrected chi connectivity index (χ3v) is 5.22. The highest BCUT2D eigenvalue weighted by Crippen LogP contribution is 2.09. The van der Waals surface area contributed by atoms with Gasteiger partial charge in [0.2, 0.25) is 17.7 Å². The summed E-state index contributed by atoms with van der Waals surface area (Å²) in [6.07, 6.45) is -0.360. The van der Waals surface area contributed by atoms with Gasteiger partial charge in [-0.05, 0) is 30.2 Å². The molecule has 4 unspecified atom stereocenters. The van der Waals surface area contributed by atoms with Gasteiger partial charge in [-0.25, -0.2) is 4.79 Å². The van der Waals surface area contributed by atoms with Crippen LogP contribution in [0, 0.1) is 11.8 Å². The molecule has 0 spiro atoms. The molecule has 0 saturated carbocycles. The van der Waals surface area contributed by atoms with Crippen molar-refractivity contribution in [3.05, 3.63) is 35.9 Å². The average Bonchev–Trinajstić information content (AvgIpc) is 2.75. The summed E-state index contributed by atoms with van der Waals surface area (Å²) in [7, 11) is 0. The first-order valence-corrected chi connectivity index (χ1v) is 11.5. The third kappa shape index (κ3) is 10.6. The van der Waals surface area contributed by atoms with Gasteiger partial charge in [-0.15, -0.1) is 0 Å². The second-order valence-corrected chi connectivity index (χ2v) is 9.21. The van der Waals surface area contributed by atoms with Gasteiger partial charge in [-0.1, -0.05) is 58.0 Å². The zero-order valence-corrected chi connectivity index (χ0v) is 20.5. The van der Waals surface area contributed by atoms with Gasteiger partial charge < -0.3 is 31.9 Å². The molecule has 0 fully saturated rings. The van der Waals surface area contributed by atoms with Gasteiger partial charge in [-0.3, -0.25) is 19.2 Å². The minimum Gasteiger partial charge on any atom is -0.481 e. The summed E-state index contributed by atoms with van der Waals surface area (Å²) in [5, 5.41) is 25.8. The van der Waals surface area contributed by atoms with E-state index in [4.69, 9.17) is 5.73 Å². The van der Waals surface area contributed by atoms with Crippen LogP contribution in [0.1, 0.15) is 46.1 Å². The zero-order chi connectivity index (χ0) is 26.7. The lowest BCUT2D eigenvalue weighted by atomic mass is 9.99. The molecule has 0 aliphatic carbocycles. The molecule has 0 bridgehead atoms. The number of benzene rings is 1. The molecular weight excluding hydrogens is 456 g/mol. The number of rotatable bonds is 14. The SMILES string of the molecule is CC(C)CC(NC(=O)C(NC(=O)C(CC(=O)O)NC(=O)C(N)Cc1ccccc1)C(C)C)C(=O)O. The molecular formula is C24H36N4O7. The van der Waals surface area contributed by atoms with E-state index in [1.807, 2.05) is 19.9 Å². The van der Waals surface area contributed by atoms with E-state index >= 15 is 0 Å². The lowest BCUT2D eigenvalue weighted by molar-refractivity contribution is -0.144. The van der Waals surface area contributed by atoms with Crippen LogP contribution in [0.2, 0.25) is 0 Å². The van der Waals surface area contributed by atoms with Crippen molar-refractivity contribution in [1.82, 2.24) is 16.0 Å². The van der Waals surface area contributed by atoms with E-state index < -0.39 is 66.2 Å². The molecule has 194 valence electrons. The molecule has 11 nitrogen and oxygen atoms in total. The van der Waals surface area contributed by atoms with Crippen LogP contribution in [-0.4, -0.2) is 64.0 Å². The van der Waals surface area contributed by atoms with Gasteiger partial charge in [0.1, 0.15) is 18.1 Å². The topological polar surface area (TPSA) is 188 Å². The van der Waals surface area contributed by atoms with E-state index in [9.17, 15) is 34.2 Å². The molecule has 11 heteroatoms. The monoisotopic (exact) mass is 492 g/mol. The van der Waals surface area contributed by atoms with Crippen LogP contribution in [0.3, 0.4) is 0 Å². The van der Waals surface area contributed by atoms with Crippen LogP contribution < -0.4 is 21.7 Å². The van der Waals surface area contributed by atoms with Crippen LogP contribution in [0.5, 0.6) is 0 Å². The molecule has 0 radical (unpaired) electrons. The normalized spacial score (nSPS) is 14.5. The first kappa shape index (κ1) is 29.6. The van der Waals surface area contributed by atoms with E-state index in [-0.39, 0.29) is 18.8 Å². The van der Waals surface area contributed by atoms with Crippen molar-refractivity contribution in [2.45, 2.75) is 71.1 Å². The maximum atomic E-state index is 12.9. The van der Waals surface area contributed by atoms with E-state index in [1.54, 1.807) is 38.1 Å². The van der Waals surface area contributed by atoms with E-state index in [0.29, 0.717) is 0 Å². The number of carboxylic acids is 2. The van der Waals surface area contributed by atoms with Gasteiger partial charge in [0.25, 0.3) is 0 Å². The highest BCUT2D eigenvalue weighted by molar-refractivity contribution is 5.95. The van der Waals surface area contributed by atoms with E-state index in [1.165, 1.54) is 0 Å². The predicted molar refractivity (Wildman–Crippen MR) is 128 cm³/mol. The third-order valence-electron chi connectivity index (χ3n) is 5.22. The number of nitrogens with two attached hydrogens (primary N) is 1. The highest BCUT2D eigenvalue weighted by Gasteiger charge is 2.33. The number of carbonyl (C=O) groups is 5. The number of hydrogen-bond donors (Lipinski definition) is 6. The molecule has 35 heavy (non-hydrogen) atoms. The Kier molecular flexibility index (Phi) is 11.9. The number of carbonyl (C=O) groups excluding carboxylic acids is 3. The fraction of sp³-hybridized carbons (Fsp3) is 0.542. The van der Waals surface area contributed by atoms with Crippen molar-refractivity contribution < 1.29 is 34.2 Å². The van der Waals surface area contributed by atoms with Gasteiger partial charge >= 0.3 is 11.9 Å². The summed E-state index contributed by atoms with van der Waals surface area (Å²) in [6.45, 7) is 6.91. The Morgan fingerprint density at radius 2 is 1.40 bits per heavy atom. The van der Waals surface area contributed by atoms with Crippen LogP contribution in [0.25, 0.3) is 0 Å². The Labute approximate surface area is 204 Å². The molecule has 0 aliphatic rings. The lowest BCUT2D eigenvalue weighted by Crippen LogP contribution is -2.59. The van der Waals surface area contributed by atoms with Crippen LogP contribution >= 0.6 is 0 Å². The second-order valence-electron chi connectivity index (χ2n) is 9.21. The number of hydrogen-bond acceptors (Lipinski definition) is 6. The average molecular weight is 493 g/mol. The second kappa shape index (κ2) is 14.1. The van der Waals surface area contributed by atoms with Crippen molar-refractivity contribution >= 4 is 29.7 Å². The molecule has 1 aromatic carbocycles. The maximum absolute atomic E-state index is 12.9. The van der Waals surface area contributed by atoms with Crippen molar-refractivity contribution in [3.8, 4) is 0 Å². The van der Waals surface area contributed by atoms with Gasteiger partial charge in [0.05, 0.1) is 12.5 Å². The van der Waals surface area contributed by atoms with Gasteiger partial charge in [-0.2, -0.15) is 0 Å². The molecule has 0 aromatic heterocycles. The van der Waals surface area contributed by atoms with Gasteiger partial charge in [0.15, 0.2) is 0 Å². The number of aliphatic carboxylic acids is 2.